The van der Waals surface area contributed by atoms with Crippen LogP contribution in [0.4, 0.5) is 0 Å². The molecule has 0 unspecified atom stereocenters. The molecule has 21 heavy (non-hydrogen) atoms. The number of amides is 1. The number of methoxy groups -OCH3 is 2. The number of fused-ring (bicyclic) bond motifs is 1. The molecule has 0 saturated heterocycles. The first kappa shape index (κ1) is 15.5. The Morgan fingerprint density at radius 3 is 2.57 bits per heavy atom. The van der Waals surface area contributed by atoms with E-state index in [0.717, 1.165) is 23.0 Å². The number of aryl methyl sites for hydroxylation is 2. The van der Waals surface area contributed by atoms with Crippen molar-refractivity contribution in [2.24, 2.45) is 0 Å². The number of ether oxygens (including phenoxy) is 2. The first-order chi connectivity index (χ1) is 10.1. The van der Waals surface area contributed by atoms with Gasteiger partial charge in [-0.2, -0.15) is 0 Å². The summed E-state index contributed by atoms with van der Waals surface area (Å²) < 4.78 is 12.2. The van der Waals surface area contributed by atoms with E-state index >= 15 is 0 Å². The van der Waals surface area contributed by atoms with Gasteiger partial charge >= 0.3 is 0 Å². The summed E-state index contributed by atoms with van der Waals surface area (Å²) in [4.78, 5) is 12.5. The summed E-state index contributed by atoms with van der Waals surface area (Å²) in [5.74, 6) is -0.107. The number of rotatable bonds is 6. The van der Waals surface area contributed by atoms with Crippen molar-refractivity contribution < 1.29 is 14.3 Å². The van der Waals surface area contributed by atoms with Crippen molar-refractivity contribution in [3.8, 4) is 0 Å². The van der Waals surface area contributed by atoms with E-state index in [1.165, 1.54) is 0 Å². The maximum atomic E-state index is 12.5. The van der Waals surface area contributed by atoms with Crippen molar-refractivity contribution in [2.45, 2.75) is 26.7 Å². The number of nitrogens with one attached hydrogen (secondary N) is 1. The number of hydrogen-bond acceptors (Lipinski definition) is 3. The van der Waals surface area contributed by atoms with E-state index in [1.807, 2.05) is 42.7 Å². The second-order valence-electron chi connectivity index (χ2n) is 4.85. The van der Waals surface area contributed by atoms with Gasteiger partial charge in [-0.05, 0) is 25.5 Å². The lowest BCUT2D eigenvalue weighted by molar-refractivity contribution is -0.0974. The van der Waals surface area contributed by atoms with Crippen LogP contribution in [0.5, 0.6) is 0 Å². The Kier molecular flexibility index (Phi) is 4.98. The van der Waals surface area contributed by atoms with Crippen LogP contribution in [-0.4, -0.2) is 37.5 Å². The monoisotopic (exact) mass is 290 g/mol. The maximum absolute atomic E-state index is 12.5. The molecule has 2 aromatic rings. The van der Waals surface area contributed by atoms with E-state index in [0.29, 0.717) is 12.2 Å². The summed E-state index contributed by atoms with van der Waals surface area (Å²) >= 11 is 0. The predicted molar refractivity (Wildman–Crippen MR) is 82.5 cm³/mol. The zero-order chi connectivity index (χ0) is 15.4. The average molecular weight is 290 g/mol. The largest absolute Gasteiger partial charge is 0.354 e. The van der Waals surface area contributed by atoms with Crippen molar-refractivity contribution in [3.63, 3.8) is 0 Å². The first-order valence-corrected chi connectivity index (χ1v) is 7.05. The molecule has 0 atom stereocenters. The Labute approximate surface area is 124 Å². The smallest absolute Gasteiger partial charge is 0.268 e. The minimum absolute atomic E-state index is 0.107. The van der Waals surface area contributed by atoms with Gasteiger partial charge in [0, 0.05) is 31.7 Å². The van der Waals surface area contributed by atoms with Crippen LogP contribution in [0.2, 0.25) is 0 Å². The molecule has 1 aromatic heterocycles. The van der Waals surface area contributed by atoms with Gasteiger partial charge in [-0.3, -0.25) is 4.79 Å². The molecule has 1 N–H and O–H groups in total. The molecule has 0 radical (unpaired) electrons. The van der Waals surface area contributed by atoms with Crippen LogP contribution < -0.4 is 5.32 Å². The zero-order valence-electron chi connectivity index (χ0n) is 13.0. The van der Waals surface area contributed by atoms with E-state index in [1.54, 1.807) is 14.2 Å². The summed E-state index contributed by atoms with van der Waals surface area (Å²) in [6, 6.07) is 8.06. The van der Waals surface area contributed by atoms with Gasteiger partial charge in [0.25, 0.3) is 5.91 Å². The fourth-order valence-electron chi connectivity index (χ4n) is 2.62. The molecule has 0 aliphatic heterocycles. The Morgan fingerprint density at radius 1 is 1.29 bits per heavy atom. The van der Waals surface area contributed by atoms with Gasteiger partial charge in [0.1, 0.15) is 5.69 Å². The highest BCUT2D eigenvalue weighted by Gasteiger charge is 2.19. The molecule has 1 heterocycles. The standard InChI is InChI=1S/C16H22N2O3/c1-5-18-13-9-7-6-8-12(13)11(2)15(18)16(19)17-10-14(20-3)21-4/h6-9,14H,5,10H2,1-4H3,(H,17,19). The van der Waals surface area contributed by atoms with Gasteiger partial charge < -0.3 is 19.4 Å². The van der Waals surface area contributed by atoms with Gasteiger partial charge in [-0.15, -0.1) is 0 Å². The van der Waals surface area contributed by atoms with E-state index in [9.17, 15) is 4.79 Å². The molecule has 5 nitrogen and oxygen atoms in total. The number of nitrogens with zero attached hydrogens (tertiary/aromatic N) is 1. The number of aromatic nitrogens is 1. The summed E-state index contributed by atoms with van der Waals surface area (Å²) in [6.45, 7) is 5.08. The predicted octanol–water partition coefficient (Wildman–Crippen LogP) is 2.32. The molecular formula is C16H22N2O3. The van der Waals surface area contributed by atoms with Crippen molar-refractivity contribution in [1.29, 1.82) is 0 Å². The minimum Gasteiger partial charge on any atom is -0.354 e. The van der Waals surface area contributed by atoms with Crippen LogP contribution in [0.3, 0.4) is 0 Å². The van der Waals surface area contributed by atoms with E-state index in [2.05, 4.69) is 5.32 Å². The third-order valence-electron chi connectivity index (χ3n) is 3.71. The van der Waals surface area contributed by atoms with E-state index < -0.39 is 6.29 Å². The molecule has 5 heteroatoms. The van der Waals surface area contributed by atoms with Crippen LogP contribution >= 0.6 is 0 Å². The second-order valence-corrected chi connectivity index (χ2v) is 4.85. The average Bonchev–Trinajstić information content (AvgIpc) is 2.81. The topological polar surface area (TPSA) is 52.5 Å². The highest BCUT2D eigenvalue weighted by molar-refractivity contribution is 6.01. The van der Waals surface area contributed by atoms with Gasteiger partial charge in [-0.1, -0.05) is 18.2 Å². The number of carbonyl (C=O) groups is 1. The van der Waals surface area contributed by atoms with E-state index in [-0.39, 0.29) is 5.91 Å². The summed E-state index contributed by atoms with van der Waals surface area (Å²) in [5.41, 5.74) is 2.78. The first-order valence-electron chi connectivity index (χ1n) is 7.05. The Balaban J connectivity index is 2.32. The molecule has 0 saturated carbocycles. The van der Waals surface area contributed by atoms with Crippen LogP contribution in [0.15, 0.2) is 24.3 Å². The molecular weight excluding hydrogens is 268 g/mol. The van der Waals surface area contributed by atoms with Crippen LogP contribution in [0.1, 0.15) is 23.0 Å². The highest BCUT2D eigenvalue weighted by atomic mass is 16.7. The number of hydrogen-bond donors (Lipinski definition) is 1. The Bertz CT molecular complexity index is 630. The zero-order valence-corrected chi connectivity index (χ0v) is 13.0. The molecule has 114 valence electrons. The van der Waals surface area contributed by atoms with Gasteiger partial charge in [0.05, 0.1) is 6.54 Å². The summed E-state index contributed by atoms with van der Waals surface area (Å²) in [7, 11) is 3.10. The lowest BCUT2D eigenvalue weighted by atomic mass is 10.1. The molecule has 2 rings (SSSR count). The SMILES string of the molecule is CCn1c(C(=O)NCC(OC)OC)c(C)c2ccccc21. The second kappa shape index (κ2) is 6.74. The van der Waals surface area contributed by atoms with Crippen molar-refractivity contribution >= 4 is 16.8 Å². The fourth-order valence-corrected chi connectivity index (χ4v) is 2.62. The van der Waals surface area contributed by atoms with Gasteiger partial charge in [0.15, 0.2) is 6.29 Å². The lowest BCUT2D eigenvalue weighted by Gasteiger charge is -2.15. The molecule has 1 amide bonds. The molecule has 0 bridgehead atoms. The molecule has 0 aliphatic carbocycles. The van der Waals surface area contributed by atoms with Crippen molar-refractivity contribution in [2.75, 3.05) is 20.8 Å². The fraction of sp³-hybridized carbons (Fsp3) is 0.438. The quantitative estimate of drug-likeness (QED) is 0.831. The third kappa shape index (κ3) is 2.94. The van der Waals surface area contributed by atoms with Gasteiger partial charge in [-0.25, -0.2) is 0 Å². The highest BCUT2D eigenvalue weighted by Crippen LogP contribution is 2.25. The summed E-state index contributed by atoms with van der Waals surface area (Å²) in [5, 5.41) is 3.98. The third-order valence-corrected chi connectivity index (χ3v) is 3.71. The Hall–Kier alpha value is -1.85. The van der Waals surface area contributed by atoms with Crippen LogP contribution in [0.25, 0.3) is 10.9 Å². The number of carbonyl (C=O) groups excluding carboxylic acids is 1. The number of para-hydroxylation sites is 1. The molecule has 0 aliphatic rings. The van der Waals surface area contributed by atoms with Gasteiger partial charge in [0.2, 0.25) is 0 Å². The Morgan fingerprint density at radius 2 is 1.95 bits per heavy atom. The lowest BCUT2D eigenvalue weighted by Crippen LogP contribution is -2.35. The van der Waals surface area contributed by atoms with Crippen molar-refractivity contribution in [3.05, 3.63) is 35.5 Å². The summed E-state index contributed by atoms with van der Waals surface area (Å²) in [6.07, 6.45) is -0.436. The molecule has 1 aromatic carbocycles. The van der Waals surface area contributed by atoms with Crippen LogP contribution in [0, 0.1) is 6.92 Å². The molecule has 0 spiro atoms. The normalized spacial score (nSPS) is 11.3. The number of benzene rings is 1. The minimum atomic E-state index is -0.436. The van der Waals surface area contributed by atoms with Crippen molar-refractivity contribution in [1.82, 2.24) is 9.88 Å². The van der Waals surface area contributed by atoms with Crippen LogP contribution in [-0.2, 0) is 16.0 Å². The maximum Gasteiger partial charge on any atom is 0.268 e. The molecule has 0 fully saturated rings. The van der Waals surface area contributed by atoms with E-state index in [4.69, 9.17) is 9.47 Å².